The number of Topliss-reactive ketones (excluding diaryl/α,β-unsaturated/α-hetero) is 4. The van der Waals surface area contributed by atoms with Crippen LogP contribution in [-0.2, 0) is 30.5 Å². The lowest BCUT2D eigenvalue weighted by molar-refractivity contribution is -0.191. The van der Waals surface area contributed by atoms with Crippen molar-refractivity contribution in [3.8, 4) is 5.75 Å². The van der Waals surface area contributed by atoms with E-state index < -0.39 is 70.8 Å². The third-order valence-corrected chi connectivity index (χ3v) is 7.57. The maximum atomic E-state index is 13.8. The van der Waals surface area contributed by atoms with E-state index in [0.29, 0.717) is 11.1 Å². The molecule has 3 aliphatic rings. The number of primary amides is 1. The maximum Gasteiger partial charge on any atom is 0.235 e. The molecule has 0 bridgehead atoms. The van der Waals surface area contributed by atoms with Gasteiger partial charge in [0.05, 0.1) is 24.2 Å². The van der Waals surface area contributed by atoms with Crippen molar-refractivity contribution >= 4 is 34.6 Å². The number of carbonyl (C=O) groups excluding carboxylic acids is 5. The van der Waals surface area contributed by atoms with Crippen LogP contribution < -0.4 is 5.73 Å². The molecule has 0 aliphatic heterocycles. The Morgan fingerprint density at radius 3 is 2.42 bits per heavy atom. The molecule has 2 fully saturated rings. The van der Waals surface area contributed by atoms with Crippen LogP contribution in [0, 0.1) is 23.7 Å². The van der Waals surface area contributed by atoms with Gasteiger partial charge in [0.25, 0.3) is 0 Å². The number of hydrogen-bond acceptors (Lipinski definition) is 8. The van der Waals surface area contributed by atoms with E-state index in [2.05, 4.69) is 6.58 Å². The standard InChI is InChI=1S/C27H23NO8/c1-12-14-8-5-9-16(29)19(14)22(31)21-18(12)23(36-11-13-6-3-2-4-7-13)15-10-17(30)20(26(28)34)24(32)27(15,35)25(21)33/h2-9,15,18,20-21,23,29,35H,1,10-11H2,(H2,28,34)/t15-,18-,20?,21?,23-,27-/m1/s1. The lowest BCUT2D eigenvalue weighted by atomic mass is 9.51. The Balaban J connectivity index is 1.67. The number of amides is 1. The molecule has 1 amide bonds. The average molecular weight is 489 g/mol. The molecule has 2 unspecified atom stereocenters. The Bertz CT molecular complexity index is 1350. The fourth-order valence-electron chi connectivity index (χ4n) is 5.89. The fourth-order valence-corrected chi connectivity index (χ4v) is 5.89. The van der Waals surface area contributed by atoms with Crippen LogP contribution in [0.25, 0.3) is 5.57 Å². The average Bonchev–Trinajstić information content (AvgIpc) is 2.84. The molecule has 0 heterocycles. The summed E-state index contributed by atoms with van der Waals surface area (Å²) in [5.41, 5.74) is 3.62. The monoisotopic (exact) mass is 489 g/mol. The summed E-state index contributed by atoms with van der Waals surface area (Å²) in [7, 11) is 0. The molecular formula is C27H23NO8. The fraction of sp³-hybridized carbons (Fsp3) is 0.296. The molecule has 9 heteroatoms. The van der Waals surface area contributed by atoms with Crippen molar-refractivity contribution in [2.75, 3.05) is 0 Å². The second kappa shape index (κ2) is 8.32. The van der Waals surface area contributed by atoms with Crippen molar-refractivity contribution in [3.05, 3.63) is 71.8 Å². The summed E-state index contributed by atoms with van der Waals surface area (Å²) in [4.78, 5) is 65.4. The highest BCUT2D eigenvalue weighted by atomic mass is 16.5. The number of rotatable bonds is 4. The maximum absolute atomic E-state index is 13.8. The molecule has 2 saturated carbocycles. The molecular weight excluding hydrogens is 466 g/mol. The van der Waals surface area contributed by atoms with Gasteiger partial charge in [0, 0.05) is 18.3 Å². The van der Waals surface area contributed by atoms with Crippen molar-refractivity contribution < 1.29 is 38.9 Å². The van der Waals surface area contributed by atoms with Crippen molar-refractivity contribution in [2.24, 2.45) is 29.4 Å². The third-order valence-electron chi connectivity index (χ3n) is 7.57. The van der Waals surface area contributed by atoms with Gasteiger partial charge in [0.1, 0.15) is 5.75 Å². The zero-order valence-corrected chi connectivity index (χ0v) is 19.0. The Kier molecular flexibility index (Phi) is 5.50. The highest BCUT2D eigenvalue weighted by Gasteiger charge is 2.70. The van der Waals surface area contributed by atoms with Crippen LogP contribution in [-0.4, -0.2) is 51.0 Å². The number of nitrogens with two attached hydrogens (primary N) is 1. The normalized spacial score (nSPS) is 31.5. The minimum Gasteiger partial charge on any atom is -0.507 e. The number of ketones is 4. The summed E-state index contributed by atoms with van der Waals surface area (Å²) in [6.07, 6.45) is -1.69. The summed E-state index contributed by atoms with van der Waals surface area (Å²) < 4.78 is 6.17. The zero-order valence-electron chi connectivity index (χ0n) is 19.0. The summed E-state index contributed by atoms with van der Waals surface area (Å²) in [5, 5.41) is 22.0. The smallest absolute Gasteiger partial charge is 0.235 e. The van der Waals surface area contributed by atoms with Crippen molar-refractivity contribution in [1.82, 2.24) is 0 Å². The molecule has 2 aromatic rings. The Morgan fingerprint density at radius 2 is 1.75 bits per heavy atom. The Hall–Kier alpha value is -3.95. The van der Waals surface area contributed by atoms with Gasteiger partial charge in [-0.25, -0.2) is 0 Å². The van der Waals surface area contributed by atoms with Gasteiger partial charge in [0.15, 0.2) is 34.7 Å². The molecule has 5 rings (SSSR count). The number of ether oxygens (including phenoxy) is 1. The van der Waals surface area contributed by atoms with E-state index in [1.165, 1.54) is 12.1 Å². The van der Waals surface area contributed by atoms with Crippen LogP contribution in [0.15, 0.2) is 55.1 Å². The van der Waals surface area contributed by atoms with Gasteiger partial charge in [-0.15, -0.1) is 0 Å². The Morgan fingerprint density at radius 1 is 1.06 bits per heavy atom. The molecule has 0 spiro atoms. The van der Waals surface area contributed by atoms with E-state index in [4.69, 9.17) is 10.5 Å². The summed E-state index contributed by atoms with van der Waals surface area (Å²) in [6, 6.07) is 13.3. The molecule has 0 saturated heterocycles. The van der Waals surface area contributed by atoms with Crippen LogP contribution >= 0.6 is 0 Å². The van der Waals surface area contributed by atoms with Gasteiger partial charge in [-0.3, -0.25) is 24.0 Å². The molecule has 4 N–H and O–H groups in total. The number of phenols is 1. The van der Waals surface area contributed by atoms with E-state index in [0.717, 1.165) is 5.56 Å². The number of carbonyl (C=O) groups is 5. The zero-order chi connectivity index (χ0) is 25.9. The van der Waals surface area contributed by atoms with Gasteiger partial charge in [-0.05, 0) is 22.8 Å². The summed E-state index contributed by atoms with van der Waals surface area (Å²) in [6.45, 7) is 4.07. The van der Waals surface area contributed by atoms with Gasteiger partial charge < -0.3 is 20.7 Å². The molecule has 184 valence electrons. The number of aromatic hydroxyl groups is 1. The van der Waals surface area contributed by atoms with E-state index in [-0.39, 0.29) is 17.9 Å². The molecule has 2 aromatic carbocycles. The van der Waals surface area contributed by atoms with Gasteiger partial charge >= 0.3 is 0 Å². The first-order valence-corrected chi connectivity index (χ1v) is 11.4. The molecule has 9 nitrogen and oxygen atoms in total. The van der Waals surface area contributed by atoms with Crippen molar-refractivity contribution in [1.29, 1.82) is 0 Å². The molecule has 6 atom stereocenters. The van der Waals surface area contributed by atoms with Crippen LogP contribution in [0.5, 0.6) is 5.75 Å². The number of hydrogen-bond donors (Lipinski definition) is 3. The van der Waals surface area contributed by atoms with Gasteiger partial charge in [-0.2, -0.15) is 0 Å². The SMILES string of the molecule is C=C1c2cccc(O)c2C(=O)C2C(=O)[C@]3(O)C(=O)C(C(N)=O)C(=O)C[C@@H]3[C@@H](OCc3ccccc3)[C@H]12. The largest absolute Gasteiger partial charge is 0.507 e. The van der Waals surface area contributed by atoms with Crippen LogP contribution in [0.3, 0.4) is 0 Å². The number of fused-ring (bicyclic) bond motifs is 3. The van der Waals surface area contributed by atoms with Crippen LogP contribution in [0.2, 0.25) is 0 Å². The van der Waals surface area contributed by atoms with Crippen molar-refractivity contribution in [3.63, 3.8) is 0 Å². The van der Waals surface area contributed by atoms with Gasteiger partial charge in [0.2, 0.25) is 5.91 Å². The van der Waals surface area contributed by atoms with Crippen LogP contribution in [0.4, 0.5) is 0 Å². The minimum atomic E-state index is -2.85. The predicted molar refractivity (Wildman–Crippen MR) is 124 cm³/mol. The molecule has 3 aliphatic carbocycles. The highest BCUT2D eigenvalue weighted by Crippen LogP contribution is 2.54. The first-order chi connectivity index (χ1) is 17.1. The Labute approximate surface area is 205 Å². The van der Waals surface area contributed by atoms with E-state index >= 15 is 0 Å². The second-order valence-electron chi connectivity index (χ2n) is 9.46. The minimum absolute atomic E-state index is 0.00844. The molecule has 0 radical (unpaired) electrons. The topological polar surface area (TPSA) is 161 Å². The van der Waals surface area contributed by atoms with E-state index in [1.807, 2.05) is 6.07 Å². The molecule has 36 heavy (non-hydrogen) atoms. The quantitative estimate of drug-likeness (QED) is 0.536. The van der Waals surface area contributed by atoms with E-state index in [9.17, 15) is 34.2 Å². The van der Waals surface area contributed by atoms with Crippen molar-refractivity contribution in [2.45, 2.75) is 24.7 Å². The predicted octanol–water partition coefficient (Wildman–Crippen LogP) is 0.993. The third kappa shape index (κ3) is 3.20. The summed E-state index contributed by atoms with van der Waals surface area (Å²) in [5.74, 6) is -11.8. The lowest BCUT2D eigenvalue weighted by Crippen LogP contribution is -2.72. The number of aliphatic hydroxyl groups is 1. The number of benzene rings is 2. The highest BCUT2D eigenvalue weighted by molar-refractivity contribution is 6.32. The number of phenolic OH excluding ortho intramolecular Hbond substituents is 1. The van der Waals surface area contributed by atoms with Gasteiger partial charge in [-0.1, -0.05) is 49.0 Å². The summed E-state index contributed by atoms with van der Waals surface area (Å²) >= 11 is 0. The first kappa shape index (κ1) is 23.8. The lowest BCUT2D eigenvalue weighted by Gasteiger charge is -2.53. The molecule has 0 aromatic heterocycles. The van der Waals surface area contributed by atoms with Crippen LogP contribution in [0.1, 0.15) is 27.9 Å². The second-order valence-corrected chi connectivity index (χ2v) is 9.46. The first-order valence-electron chi connectivity index (χ1n) is 11.4. The van der Waals surface area contributed by atoms with E-state index in [1.54, 1.807) is 30.3 Å².